The zero-order valence-electron chi connectivity index (χ0n) is 10.8. The van der Waals surface area contributed by atoms with Crippen LogP contribution in [0.15, 0.2) is 30.3 Å². The highest BCUT2D eigenvalue weighted by Crippen LogP contribution is 2.25. The van der Waals surface area contributed by atoms with Crippen LogP contribution in [0.25, 0.3) is 0 Å². The molecule has 0 amide bonds. The Morgan fingerprint density at radius 1 is 0.950 bits per heavy atom. The predicted octanol–water partition coefficient (Wildman–Crippen LogP) is 3.79. The van der Waals surface area contributed by atoms with E-state index in [4.69, 9.17) is 5.73 Å². The first-order valence-electron chi connectivity index (χ1n) is 6.04. The molecule has 0 radical (unpaired) electrons. The molecule has 2 aromatic carbocycles. The lowest BCUT2D eigenvalue weighted by atomic mass is 9.96. The number of hydrogen-bond donors (Lipinski definition) is 1. The van der Waals surface area contributed by atoms with Crippen LogP contribution in [0.5, 0.6) is 0 Å². The Kier molecular flexibility index (Phi) is 4.09. The van der Waals surface area contributed by atoms with Crippen molar-refractivity contribution >= 4 is 0 Å². The average Bonchev–Trinajstić information content (AvgIpc) is 2.40. The van der Waals surface area contributed by atoms with Gasteiger partial charge in [-0.25, -0.2) is 17.6 Å². The summed E-state index contributed by atoms with van der Waals surface area (Å²) >= 11 is 0. The van der Waals surface area contributed by atoms with Crippen LogP contribution in [0, 0.1) is 30.2 Å². The number of aryl methyl sites for hydroxylation is 1. The van der Waals surface area contributed by atoms with Gasteiger partial charge in [-0.15, -0.1) is 0 Å². The van der Waals surface area contributed by atoms with Gasteiger partial charge in [-0.05, 0) is 36.6 Å². The summed E-state index contributed by atoms with van der Waals surface area (Å²) < 4.78 is 54.2. The summed E-state index contributed by atoms with van der Waals surface area (Å²) in [7, 11) is 0. The molecule has 1 atom stereocenters. The van der Waals surface area contributed by atoms with Gasteiger partial charge in [-0.1, -0.05) is 18.2 Å². The molecule has 0 bridgehead atoms. The van der Waals surface area contributed by atoms with Gasteiger partial charge in [0, 0.05) is 11.6 Å². The summed E-state index contributed by atoms with van der Waals surface area (Å²) in [6, 6.07) is 4.94. The molecule has 0 saturated heterocycles. The highest BCUT2D eigenvalue weighted by Gasteiger charge is 2.20. The van der Waals surface area contributed by atoms with Crippen LogP contribution in [0.3, 0.4) is 0 Å². The van der Waals surface area contributed by atoms with Gasteiger partial charge in [-0.3, -0.25) is 0 Å². The van der Waals surface area contributed by atoms with E-state index in [1.54, 1.807) is 0 Å². The van der Waals surface area contributed by atoms with Gasteiger partial charge in [0.2, 0.25) is 0 Å². The van der Waals surface area contributed by atoms with E-state index in [0.29, 0.717) is 0 Å². The van der Waals surface area contributed by atoms with E-state index < -0.39 is 29.3 Å². The zero-order valence-corrected chi connectivity index (χ0v) is 10.8. The summed E-state index contributed by atoms with van der Waals surface area (Å²) in [5.74, 6) is -3.61. The lowest BCUT2D eigenvalue weighted by Crippen LogP contribution is -2.18. The van der Waals surface area contributed by atoms with Crippen LogP contribution in [0.2, 0.25) is 0 Å². The van der Waals surface area contributed by atoms with Gasteiger partial charge < -0.3 is 5.73 Å². The predicted molar refractivity (Wildman–Crippen MR) is 68.1 cm³/mol. The normalized spacial score (nSPS) is 12.5. The molecule has 5 heteroatoms. The van der Waals surface area contributed by atoms with E-state index in [2.05, 4.69) is 0 Å². The Morgan fingerprint density at radius 3 is 2.35 bits per heavy atom. The molecular weight excluding hydrogens is 270 g/mol. The van der Waals surface area contributed by atoms with Crippen molar-refractivity contribution in [3.8, 4) is 0 Å². The van der Waals surface area contributed by atoms with E-state index in [1.807, 2.05) is 0 Å². The minimum Gasteiger partial charge on any atom is -0.323 e. The number of halogens is 4. The molecule has 1 unspecified atom stereocenters. The molecule has 0 saturated carbocycles. The van der Waals surface area contributed by atoms with Gasteiger partial charge in [0.25, 0.3) is 0 Å². The van der Waals surface area contributed by atoms with Crippen molar-refractivity contribution in [3.63, 3.8) is 0 Å². The lowest BCUT2D eigenvalue weighted by Gasteiger charge is -2.15. The minimum atomic E-state index is -1.09. The fraction of sp³-hybridized carbons (Fsp3) is 0.200. The van der Waals surface area contributed by atoms with Gasteiger partial charge >= 0.3 is 0 Å². The van der Waals surface area contributed by atoms with Crippen LogP contribution in [0.4, 0.5) is 17.6 Å². The second-order valence-electron chi connectivity index (χ2n) is 4.62. The summed E-state index contributed by atoms with van der Waals surface area (Å²) in [5, 5.41) is 0. The van der Waals surface area contributed by atoms with Gasteiger partial charge in [0.15, 0.2) is 11.6 Å². The molecule has 0 aliphatic heterocycles. The molecule has 0 heterocycles. The van der Waals surface area contributed by atoms with Crippen LogP contribution in [0.1, 0.15) is 22.7 Å². The number of nitrogens with two attached hydrogens (primary N) is 1. The molecule has 0 aromatic heterocycles. The largest absolute Gasteiger partial charge is 0.323 e. The molecular formula is C15H13F4N. The van der Waals surface area contributed by atoms with E-state index >= 15 is 0 Å². The van der Waals surface area contributed by atoms with Gasteiger partial charge in [0.05, 0.1) is 0 Å². The van der Waals surface area contributed by atoms with Crippen molar-refractivity contribution in [3.05, 3.63) is 70.3 Å². The summed E-state index contributed by atoms with van der Waals surface area (Å²) in [4.78, 5) is 0. The fourth-order valence-corrected chi connectivity index (χ4v) is 2.06. The zero-order chi connectivity index (χ0) is 14.9. The minimum absolute atomic E-state index is 0.0159. The van der Waals surface area contributed by atoms with E-state index in [1.165, 1.54) is 25.1 Å². The van der Waals surface area contributed by atoms with Gasteiger partial charge in [0.1, 0.15) is 11.6 Å². The first kappa shape index (κ1) is 14.5. The molecule has 0 spiro atoms. The number of rotatable bonds is 3. The van der Waals surface area contributed by atoms with E-state index in [9.17, 15) is 17.6 Å². The molecule has 0 aliphatic carbocycles. The third kappa shape index (κ3) is 2.67. The highest BCUT2D eigenvalue weighted by molar-refractivity contribution is 5.31. The van der Waals surface area contributed by atoms with Crippen molar-refractivity contribution in [2.75, 3.05) is 0 Å². The highest BCUT2D eigenvalue weighted by atomic mass is 19.2. The van der Waals surface area contributed by atoms with E-state index in [0.717, 1.165) is 12.1 Å². The first-order chi connectivity index (χ1) is 9.41. The maximum absolute atomic E-state index is 13.9. The third-order valence-electron chi connectivity index (χ3n) is 3.16. The monoisotopic (exact) mass is 283 g/mol. The average molecular weight is 283 g/mol. The molecule has 20 heavy (non-hydrogen) atoms. The maximum atomic E-state index is 13.9. The summed E-state index contributed by atoms with van der Waals surface area (Å²) in [6.07, 6.45) is -0.194. The van der Waals surface area contributed by atoms with Crippen molar-refractivity contribution in [2.45, 2.75) is 19.4 Å². The summed E-state index contributed by atoms with van der Waals surface area (Å²) in [5.41, 5.74) is 5.67. The quantitative estimate of drug-likeness (QED) is 0.852. The van der Waals surface area contributed by atoms with E-state index in [-0.39, 0.29) is 23.1 Å². The second-order valence-corrected chi connectivity index (χ2v) is 4.62. The number of benzene rings is 2. The van der Waals surface area contributed by atoms with Crippen LogP contribution < -0.4 is 5.73 Å². The Hall–Kier alpha value is -1.88. The molecule has 1 nitrogen and oxygen atoms in total. The summed E-state index contributed by atoms with van der Waals surface area (Å²) in [6.45, 7) is 1.48. The Morgan fingerprint density at radius 2 is 1.65 bits per heavy atom. The second kappa shape index (κ2) is 5.63. The first-order valence-corrected chi connectivity index (χ1v) is 6.04. The fourth-order valence-electron chi connectivity index (χ4n) is 2.06. The smallest absolute Gasteiger partial charge is 0.162 e. The molecule has 0 fully saturated rings. The third-order valence-corrected chi connectivity index (χ3v) is 3.16. The number of hydrogen-bond acceptors (Lipinski definition) is 1. The van der Waals surface area contributed by atoms with Crippen molar-refractivity contribution in [2.24, 2.45) is 5.73 Å². The molecule has 0 aliphatic rings. The standard InChI is InChI=1S/C15H13F4N/c1-8-5-6-10(16)13(14(8)18)12(20)7-9-3-2-4-11(17)15(9)19/h2-6,12H,7,20H2,1H3. The van der Waals surface area contributed by atoms with Crippen molar-refractivity contribution < 1.29 is 17.6 Å². The van der Waals surface area contributed by atoms with Crippen LogP contribution in [-0.2, 0) is 6.42 Å². The molecule has 2 rings (SSSR count). The molecule has 106 valence electrons. The Labute approximate surface area is 114 Å². The topological polar surface area (TPSA) is 26.0 Å². The SMILES string of the molecule is Cc1ccc(F)c(C(N)Cc2cccc(F)c2F)c1F. The molecule has 2 aromatic rings. The van der Waals surface area contributed by atoms with Crippen molar-refractivity contribution in [1.29, 1.82) is 0 Å². The molecule has 2 N–H and O–H groups in total. The van der Waals surface area contributed by atoms with Crippen molar-refractivity contribution in [1.82, 2.24) is 0 Å². The van der Waals surface area contributed by atoms with Crippen LogP contribution in [-0.4, -0.2) is 0 Å². The lowest BCUT2D eigenvalue weighted by molar-refractivity contribution is 0.485. The maximum Gasteiger partial charge on any atom is 0.162 e. The Bertz CT molecular complexity index is 640. The van der Waals surface area contributed by atoms with Crippen LogP contribution >= 0.6 is 0 Å². The van der Waals surface area contributed by atoms with Gasteiger partial charge in [-0.2, -0.15) is 0 Å². The Balaban J connectivity index is 2.36.